The third-order valence-electron chi connectivity index (χ3n) is 2.06. The highest BCUT2D eigenvalue weighted by molar-refractivity contribution is 7.80. The van der Waals surface area contributed by atoms with E-state index in [0.29, 0.717) is 0 Å². The van der Waals surface area contributed by atoms with E-state index >= 15 is 0 Å². The Hall–Kier alpha value is -2.02. The summed E-state index contributed by atoms with van der Waals surface area (Å²) in [7, 11) is 0. The lowest BCUT2D eigenvalue weighted by molar-refractivity contribution is -0.192. The van der Waals surface area contributed by atoms with E-state index in [-0.39, 0.29) is 18.6 Å². The highest BCUT2D eigenvalue weighted by Crippen LogP contribution is 2.13. The molecule has 0 spiro atoms. The van der Waals surface area contributed by atoms with Gasteiger partial charge in [0.15, 0.2) is 0 Å². The van der Waals surface area contributed by atoms with E-state index in [1.54, 1.807) is 0 Å². The average molecular weight is 364 g/mol. The van der Waals surface area contributed by atoms with Crippen LogP contribution in [0.5, 0.6) is 0 Å². The maximum atomic E-state index is 11.2. The van der Waals surface area contributed by atoms with Gasteiger partial charge >= 0.3 is 24.1 Å². The van der Waals surface area contributed by atoms with Gasteiger partial charge in [0, 0.05) is 12.2 Å². The number of alkyl halides is 3. The molecule has 0 rings (SSSR count). The first-order valence-electron chi connectivity index (χ1n) is 5.74. The number of thiol groups is 1. The van der Waals surface area contributed by atoms with Crippen LogP contribution in [0.15, 0.2) is 0 Å². The zero-order valence-electron chi connectivity index (χ0n) is 11.4. The van der Waals surface area contributed by atoms with E-state index in [1.807, 2.05) is 0 Å². The highest BCUT2D eigenvalue weighted by atomic mass is 32.1. The quantitative estimate of drug-likeness (QED) is 0.323. The Balaban J connectivity index is 0. The second-order valence-corrected chi connectivity index (χ2v) is 4.29. The van der Waals surface area contributed by atoms with Crippen molar-refractivity contribution in [2.75, 3.05) is 5.75 Å². The van der Waals surface area contributed by atoms with Crippen LogP contribution in [0.25, 0.3) is 0 Å². The lowest BCUT2D eigenvalue weighted by Gasteiger charge is -2.12. The molecule has 9 nitrogen and oxygen atoms in total. The Bertz CT molecular complexity index is 445. The Morgan fingerprint density at radius 2 is 1.52 bits per heavy atom. The van der Waals surface area contributed by atoms with Crippen molar-refractivity contribution in [1.82, 2.24) is 5.32 Å². The first-order valence-corrected chi connectivity index (χ1v) is 6.37. The number of carboxylic acids is 3. The van der Waals surface area contributed by atoms with Crippen molar-refractivity contribution in [3.05, 3.63) is 0 Å². The second kappa shape index (κ2) is 10.7. The van der Waals surface area contributed by atoms with Gasteiger partial charge < -0.3 is 26.4 Å². The van der Waals surface area contributed by atoms with Crippen LogP contribution in [0.1, 0.15) is 12.8 Å². The molecule has 0 heterocycles. The second-order valence-electron chi connectivity index (χ2n) is 3.93. The number of amides is 1. The fourth-order valence-corrected chi connectivity index (χ4v) is 1.11. The summed E-state index contributed by atoms with van der Waals surface area (Å²) < 4.78 is 31.7. The third-order valence-corrected chi connectivity index (χ3v) is 2.42. The first-order chi connectivity index (χ1) is 10.3. The SMILES string of the molecule is NC(CCC(=O)NC(CS)C(=O)O)C(=O)O.O=C(O)C(F)(F)F. The summed E-state index contributed by atoms with van der Waals surface area (Å²) in [6.45, 7) is 0. The van der Waals surface area contributed by atoms with Crippen molar-refractivity contribution in [2.45, 2.75) is 31.1 Å². The van der Waals surface area contributed by atoms with Crippen LogP contribution in [-0.2, 0) is 19.2 Å². The molecule has 6 N–H and O–H groups in total. The smallest absolute Gasteiger partial charge is 0.480 e. The van der Waals surface area contributed by atoms with Gasteiger partial charge in [-0.15, -0.1) is 0 Å². The molecule has 0 aromatic rings. The topological polar surface area (TPSA) is 167 Å². The van der Waals surface area contributed by atoms with Gasteiger partial charge in [-0.25, -0.2) is 9.59 Å². The van der Waals surface area contributed by atoms with Crippen molar-refractivity contribution in [3.63, 3.8) is 0 Å². The largest absolute Gasteiger partial charge is 0.490 e. The van der Waals surface area contributed by atoms with Crippen molar-refractivity contribution in [3.8, 4) is 0 Å². The lowest BCUT2D eigenvalue weighted by atomic mass is 10.1. The van der Waals surface area contributed by atoms with Gasteiger partial charge in [-0.1, -0.05) is 0 Å². The first kappa shape index (κ1) is 23.2. The minimum Gasteiger partial charge on any atom is -0.480 e. The minimum absolute atomic E-state index is 0.0357. The Morgan fingerprint density at radius 3 is 1.78 bits per heavy atom. The molecule has 0 saturated heterocycles. The van der Waals surface area contributed by atoms with Crippen LogP contribution in [0, 0.1) is 0 Å². The number of hydrogen-bond donors (Lipinski definition) is 6. The number of nitrogens with one attached hydrogen (secondary N) is 1. The molecular formula is C10H15F3N2O7S. The van der Waals surface area contributed by atoms with Gasteiger partial charge in [0.25, 0.3) is 0 Å². The monoisotopic (exact) mass is 364 g/mol. The van der Waals surface area contributed by atoms with E-state index < -0.39 is 42.1 Å². The molecule has 2 unspecified atom stereocenters. The van der Waals surface area contributed by atoms with Crippen molar-refractivity contribution >= 4 is 36.4 Å². The van der Waals surface area contributed by atoms with Crippen LogP contribution >= 0.6 is 12.6 Å². The number of carboxylic acid groups (broad SMARTS) is 3. The molecule has 0 aromatic heterocycles. The van der Waals surface area contributed by atoms with Gasteiger partial charge in [-0.05, 0) is 6.42 Å². The maximum absolute atomic E-state index is 11.2. The molecule has 1 amide bonds. The number of halogens is 3. The molecule has 0 bridgehead atoms. The number of hydrogen-bond acceptors (Lipinski definition) is 6. The lowest BCUT2D eigenvalue weighted by Crippen LogP contribution is -2.42. The predicted molar refractivity (Wildman–Crippen MR) is 72.0 cm³/mol. The Morgan fingerprint density at radius 1 is 1.09 bits per heavy atom. The van der Waals surface area contributed by atoms with Gasteiger partial charge in [0.2, 0.25) is 5.91 Å². The fraction of sp³-hybridized carbons (Fsp3) is 0.600. The van der Waals surface area contributed by atoms with Gasteiger partial charge in [-0.2, -0.15) is 25.8 Å². The van der Waals surface area contributed by atoms with Crippen LogP contribution < -0.4 is 11.1 Å². The van der Waals surface area contributed by atoms with Crippen LogP contribution in [0.3, 0.4) is 0 Å². The van der Waals surface area contributed by atoms with Gasteiger partial charge in [0.1, 0.15) is 12.1 Å². The number of carbonyl (C=O) groups excluding carboxylic acids is 1. The molecular weight excluding hydrogens is 349 g/mol. The molecule has 0 fully saturated rings. The number of nitrogens with two attached hydrogens (primary N) is 1. The number of carbonyl (C=O) groups is 4. The van der Waals surface area contributed by atoms with E-state index in [2.05, 4.69) is 17.9 Å². The molecule has 0 aliphatic carbocycles. The minimum atomic E-state index is -5.08. The van der Waals surface area contributed by atoms with Gasteiger partial charge in [0.05, 0.1) is 0 Å². The zero-order chi connectivity index (χ0) is 18.8. The van der Waals surface area contributed by atoms with Crippen LogP contribution in [0.4, 0.5) is 13.2 Å². The molecule has 0 aromatic carbocycles. The summed E-state index contributed by atoms with van der Waals surface area (Å²) in [6.07, 6.45) is -5.26. The molecule has 13 heteroatoms. The average Bonchev–Trinajstić information content (AvgIpc) is 2.41. The summed E-state index contributed by atoms with van der Waals surface area (Å²) in [4.78, 5) is 40.9. The van der Waals surface area contributed by atoms with Crippen LogP contribution in [-0.4, -0.2) is 63.1 Å². The van der Waals surface area contributed by atoms with Crippen molar-refractivity contribution in [2.24, 2.45) is 5.73 Å². The van der Waals surface area contributed by atoms with Crippen LogP contribution in [0.2, 0.25) is 0 Å². The molecule has 23 heavy (non-hydrogen) atoms. The number of aliphatic carboxylic acids is 3. The normalized spacial score (nSPS) is 13.1. The maximum Gasteiger partial charge on any atom is 0.490 e. The number of rotatable bonds is 7. The van der Waals surface area contributed by atoms with Crippen molar-refractivity contribution < 1.29 is 47.7 Å². The molecule has 134 valence electrons. The van der Waals surface area contributed by atoms with Gasteiger partial charge in [-0.3, -0.25) is 9.59 Å². The summed E-state index contributed by atoms with van der Waals surface area (Å²) in [5.41, 5.74) is 5.18. The fourth-order valence-electron chi connectivity index (χ4n) is 0.862. The molecule has 0 aliphatic rings. The summed E-state index contributed by atoms with van der Waals surface area (Å²) >= 11 is 3.76. The standard InChI is InChI=1S/C8H14N2O5S.C2HF3O2/c9-4(7(12)13)1-2-6(11)10-5(3-16)8(14)15;3-2(4,5)1(6)7/h4-5,16H,1-3,9H2,(H,10,11)(H,12,13)(H,14,15);(H,6,7). The molecule has 2 atom stereocenters. The molecule has 0 aliphatic heterocycles. The molecule has 0 saturated carbocycles. The summed E-state index contributed by atoms with van der Waals surface area (Å²) in [5, 5.41) is 26.4. The summed E-state index contributed by atoms with van der Waals surface area (Å²) in [6, 6.07) is -2.19. The van der Waals surface area contributed by atoms with E-state index in [9.17, 15) is 27.6 Å². The highest BCUT2D eigenvalue weighted by Gasteiger charge is 2.38. The predicted octanol–water partition coefficient (Wildman–Crippen LogP) is -0.689. The Kier molecular flexibility index (Phi) is 10.8. The Labute approximate surface area is 133 Å². The van der Waals surface area contributed by atoms with E-state index in [1.165, 1.54) is 0 Å². The third kappa shape index (κ3) is 12.2. The summed E-state index contributed by atoms with van der Waals surface area (Å²) in [5.74, 6) is -5.74. The zero-order valence-corrected chi connectivity index (χ0v) is 12.3. The van der Waals surface area contributed by atoms with E-state index in [0.717, 1.165) is 0 Å². The molecule has 0 radical (unpaired) electrons. The van der Waals surface area contributed by atoms with Crippen molar-refractivity contribution in [1.29, 1.82) is 0 Å². The van der Waals surface area contributed by atoms with E-state index in [4.69, 9.17) is 25.8 Å².